The first-order chi connectivity index (χ1) is 10.2. The van der Waals surface area contributed by atoms with Gasteiger partial charge in [0.05, 0.1) is 23.0 Å². The molecule has 1 atom stereocenters. The molecule has 0 radical (unpaired) electrons. The summed E-state index contributed by atoms with van der Waals surface area (Å²) in [7, 11) is -2.79. The van der Waals surface area contributed by atoms with E-state index in [0.717, 1.165) is 4.31 Å². The molecule has 0 amide bonds. The molecule has 0 aliphatic carbocycles. The van der Waals surface area contributed by atoms with E-state index < -0.39 is 27.4 Å². The van der Waals surface area contributed by atoms with Crippen LogP contribution in [0, 0.1) is 5.41 Å². The third-order valence-corrected chi connectivity index (χ3v) is 5.77. The largest absolute Gasteiger partial charge is 0.481 e. The number of methoxy groups -OCH3 is 1. The number of hydrogen-bond donors (Lipinski definition) is 1. The molecule has 22 heavy (non-hydrogen) atoms. The van der Waals surface area contributed by atoms with Gasteiger partial charge < -0.3 is 9.84 Å². The summed E-state index contributed by atoms with van der Waals surface area (Å²) in [6.07, 6.45) is 0.224. The van der Waals surface area contributed by atoms with Crippen LogP contribution in [0.1, 0.15) is 23.7 Å². The number of hydrogen-bond acceptors (Lipinski definition) is 5. The number of aliphatic carboxylic acids is 1. The second-order valence-electron chi connectivity index (χ2n) is 5.44. The van der Waals surface area contributed by atoms with E-state index in [2.05, 4.69) is 4.74 Å². The summed E-state index contributed by atoms with van der Waals surface area (Å²) >= 11 is 0. The van der Waals surface area contributed by atoms with Crippen molar-refractivity contribution in [2.75, 3.05) is 20.2 Å². The topological polar surface area (TPSA) is 101 Å². The van der Waals surface area contributed by atoms with Crippen LogP contribution >= 0.6 is 0 Å². The maximum absolute atomic E-state index is 12.7. The van der Waals surface area contributed by atoms with E-state index in [-0.39, 0.29) is 30.0 Å². The molecular formula is C14H17NO6S. The fourth-order valence-corrected chi connectivity index (χ4v) is 4.15. The Morgan fingerprint density at radius 2 is 1.95 bits per heavy atom. The lowest BCUT2D eigenvalue weighted by molar-refractivity contribution is -0.146. The summed E-state index contributed by atoms with van der Waals surface area (Å²) in [6, 6.07) is 5.73. The highest BCUT2D eigenvalue weighted by molar-refractivity contribution is 7.89. The van der Waals surface area contributed by atoms with Crippen molar-refractivity contribution in [3.05, 3.63) is 29.8 Å². The third kappa shape index (κ3) is 2.71. The number of ether oxygens (including phenoxy) is 1. The molecule has 0 saturated carbocycles. The molecule has 1 aromatic rings. The minimum Gasteiger partial charge on any atom is -0.481 e. The van der Waals surface area contributed by atoms with Crippen LogP contribution in [0.15, 0.2) is 29.2 Å². The van der Waals surface area contributed by atoms with E-state index in [0.29, 0.717) is 0 Å². The molecule has 1 N–H and O–H groups in total. The molecule has 8 heteroatoms. The highest BCUT2D eigenvalue weighted by atomic mass is 32.2. The number of nitrogens with zero attached hydrogens (tertiary/aromatic N) is 1. The van der Waals surface area contributed by atoms with Gasteiger partial charge >= 0.3 is 11.9 Å². The number of benzene rings is 1. The van der Waals surface area contributed by atoms with E-state index in [1.807, 2.05) is 0 Å². The van der Waals surface area contributed by atoms with Gasteiger partial charge in [-0.05, 0) is 25.5 Å². The molecule has 1 saturated heterocycles. The second-order valence-corrected chi connectivity index (χ2v) is 7.35. The number of carbonyl (C=O) groups is 2. The average Bonchev–Trinajstić information content (AvgIpc) is 2.91. The van der Waals surface area contributed by atoms with Gasteiger partial charge in [-0.1, -0.05) is 12.1 Å². The molecule has 0 aromatic heterocycles. The van der Waals surface area contributed by atoms with Crippen molar-refractivity contribution in [2.45, 2.75) is 18.2 Å². The smallest absolute Gasteiger partial charge is 0.339 e. The number of carbonyl (C=O) groups excluding carboxylic acids is 1. The maximum atomic E-state index is 12.7. The summed E-state index contributed by atoms with van der Waals surface area (Å²) < 4.78 is 31.1. The Balaban J connectivity index is 2.41. The van der Waals surface area contributed by atoms with Gasteiger partial charge in [0.15, 0.2) is 0 Å². The Bertz CT molecular complexity index is 714. The predicted octanol–water partition coefficient (Wildman–Crippen LogP) is 0.958. The standard InChI is InChI=1S/C14H17NO6S/c1-14(13(17)18)7-8-15(9-14)22(19,20)11-6-4-3-5-10(11)12(16)21-2/h3-6H,7-9H2,1-2H3,(H,17,18). The monoisotopic (exact) mass is 327 g/mol. The van der Waals surface area contributed by atoms with Crippen LogP contribution in [0.5, 0.6) is 0 Å². The highest BCUT2D eigenvalue weighted by Gasteiger charge is 2.45. The van der Waals surface area contributed by atoms with Crippen molar-refractivity contribution < 1.29 is 27.9 Å². The Kier molecular flexibility index (Phi) is 4.25. The van der Waals surface area contributed by atoms with Gasteiger partial charge in [-0.2, -0.15) is 4.31 Å². The van der Waals surface area contributed by atoms with Gasteiger partial charge in [0.25, 0.3) is 0 Å². The molecule has 0 bridgehead atoms. The predicted molar refractivity (Wildman–Crippen MR) is 76.9 cm³/mol. The van der Waals surface area contributed by atoms with E-state index >= 15 is 0 Å². The molecule has 1 aromatic carbocycles. The Labute approximate surface area is 128 Å². The summed E-state index contributed by atoms with van der Waals surface area (Å²) in [4.78, 5) is 22.8. The van der Waals surface area contributed by atoms with Crippen LogP contribution in [0.4, 0.5) is 0 Å². The van der Waals surface area contributed by atoms with Crippen LogP contribution in [-0.4, -0.2) is 50.0 Å². The van der Waals surface area contributed by atoms with E-state index in [1.54, 1.807) is 0 Å². The second kappa shape index (κ2) is 5.69. The van der Waals surface area contributed by atoms with Crippen molar-refractivity contribution in [3.63, 3.8) is 0 Å². The highest BCUT2D eigenvalue weighted by Crippen LogP contribution is 2.34. The van der Waals surface area contributed by atoms with Crippen molar-refractivity contribution in [1.29, 1.82) is 0 Å². The van der Waals surface area contributed by atoms with E-state index in [9.17, 15) is 23.1 Å². The van der Waals surface area contributed by atoms with Gasteiger partial charge in [-0.25, -0.2) is 13.2 Å². The minimum atomic E-state index is -3.96. The molecule has 1 heterocycles. The molecule has 7 nitrogen and oxygen atoms in total. The zero-order valence-electron chi connectivity index (χ0n) is 12.3. The summed E-state index contributed by atoms with van der Waals surface area (Å²) in [5.74, 6) is -1.79. The van der Waals surface area contributed by atoms with Gasteiger partial charge in [-0.3, -0.25) is 4.79 Å². The van der Waals surface area contributed by atoms with Gasteiger partial charge in [0.1, 0.15) is 0 Å². The van der Waals surface area contributed by atoms with Gasteiger partial charge in [0, 0.05) is 13.1 Å². The van der Waals surface area contributed by atoms with Crippen LogP contribution in [-0.2, 0) is 19.6 Å². The quantitative estimate of drug-likeness (QED) is 0.827. The van der Waals surface area contributed by atoms with Crippen LogP contribution in [0.2, 0.25) is 0 Å². The Morgan fingerprint density at radius 3 is 2.50 bits per heavy atom. The molecule has 1 aliphatic heterocycles. The maximum Gasteiger partial charge on any atom is 0.339 e. The first-order valence-electron chi connectivity index (χ1n) is 6.63. The Morgan fingerprint density at radius 1 is 1.32 bits per heavy atom. The number of esters is 1. The molecule has 0 spiro atoms. The van der Waals surface area contributed by atoms with Gasteiger partial charge in [-0.15, -0.1) is 0 Å². The zero-order chi connectivity index (χ0) is 16.5. The fraction of sp³-hybridized carbons (Fsp3) is 0.429. The van der Waals surface area contributed by atoms with E-state index in [1.165, 1.54) is 38.3 Å². The van der Waals surface area contributed by atoms with E-state index in [4.69, 9.17) is 0 Å². The SMILES string of the molecule is COC(=O)c1ccccc1S(=O)(=O)N1CCC(C)(C(=O)O)C1. The van der Waals surface area contributed by atoms with Crippen molar-refractivity contribution in [3.8, 4) is 0 Å². The number of sulfonamides is 1. The molecule has 1 fully saturated rings. The lowest BCUT2D eigenvalue weighted by Crippen LogP contribution is -2.35. The molecule has 120 valence electrons. The van der Waals surface area contributed by atoms with Crippen molar-refractivity contribution in [1.82, 2.24) is 4.31 Å². The summed E-state index contributed by atoms with van der Waals surface area (Å²) in [5, 5.41) is 9.21. The number of carboxylic acids is 1. The molecule has 2 rings (SSSR count). The first-order valence-corrected chi connectivity index (χ1v) is 8.07. The molecule has 1 aliphatic rings. The van der Waals surface area contributed by atoms with Crippen molar-refractivity contribution in [2.24, 2.45) is 5.41 Å². The van der Waals surface area contributed by atoms with Crippen molar-refractivity contribution >= 4 is 22.0 Å². The molecule has 1 unspecified atom stereocenters. The lowest BCUT2D eigenvalue weighted by atomic mass is 9.90. The first kappa shape index (κ1) is 16.4. The summed E-state index contributed by atoms with van der Waals surface area (Å²) in [5.41, 5.74) is -1.18. The average molecular weight is 327 g/mol. The third-order valence-electron chi connectivity index (χ3n) is 3.86. The minimum absolute atomic E-state index is 0.0612. The number of rotatable bonds is 4. The Hall–Kier alpha value is -1.93. The van der Waals surface area contributed by atoms with Crippen LogP contribution in [0.3, 0.4) is 0 Å². The van der Waals surface area contributed by atoms with Gasteiger partial charge in [0.2, 0.25) is 10.0 Å². The fourth-order valence-electron chi connectivity index (χ4n) is 2.41. The zero-order valence-corrected chi connectivity index (χ0v) is 13.1. The number of carboxylic acid groups (broad SMARTS) is 1. The van der Waals surface area contributed by atoms with Crippen LogP contribution < -0.4 is 0 Å². The molecular weight excluding hydrogens is 310 g/mol. The lowest BCUT2D eigenvalue weighted by Gasteiger charge is -2.20. The summed E-state index contributed by atoms with van der Waals surface area (Å²) in [6.45, 7) is 1.48. The van der Waals surface area contributed by atoms with Crippen LogP contribution in [0.25, 0.3) is 0 Å². The normalized spacial score (nSPS) is 22.5.